The summed E-state index contributed by atoms with van der Waals surface area (Å²) >= 11 is 11.8. The Balaban J connectivity index is 2.08. The molecule has 1 fully saturated rings. The van der Waals surface area contributed by atoms with Crippen molar-refractivity contribution >= 4 is 23.2 Å². The summed E-state index contributed by atoms with van der Waals surface area (Å²) in [7, 11) is 0. The standard InChI is InChI=1S/C12H16Cl2N2O/c13-8-6-9(14)12(16-7-8)17-11-5-3-1-2-4-10(11)15/h6-7,10-11H,1-5,15H2. The van der Waals surface area contributed by atoms with E-state index in [1.165, 1.54) is 19.0 Å². The van der Waals surface area contributed by atoms with Crippen LogP contribution < -0.4 is 10.5 Å². The van der Waals surface area contributed by atoms with Crippen LogP contribution in [0.15, 0.2) is 12.3 Å². The second-order valence-corrected chi connectivity index (χ2v) is 5.24. The number of ether oxygens (including phenoxy) is 1. The predicted octanol–water partition coefficient (Wildman–Crippen LogP) is 3.43. The summed E-state index contributed by atoms with van der Waals surface area (Å²) in [5.41, 5.74) is 6.08. The molecule has 1 aliphatic carbocycles. The van der Waals surface area contributed by atoms with Gasteiger partial charge in [0.1, 0.15) is 11.1 Å². The van der Waals surface area contributed by atoms with Gasteiger partial charge in [0.2, 0.25) is 5.88 Å². The molecule has 2 rings (SSSR count). The molecule has 0 amide bonds. The van der Waals surface area contributed by atoms with Gasteiger partial charge in [0.05, 0.1) is 5.02 Å². The Morgan fingerprint density at radius 1 is 1.24 bits per heavy atom. The van der Waals surface area contributed by atoms with Crippen molar-refractivity contribution in [2.75, 3.05) is 0 Å². The van der Waals surface area contributed by atoms with Gasteiger partial charge in [-0.2, -0.15) is 0 Å². The largest absolute Gasteiger partial charge is 0.472 e. The lowest BCUT2D eigenvalue weighted by atomic mass is 10.1. The van der Waals surface area contributed by atoms with E-state index in [1.54, 1.807) is 6.07 Å². The second-order valence-electron chi connectivity index (χ2n) is 4.40. The zero-order valence-corrected chi connectivity index (χ0v) is 11.0. The number of nitrogens with zero attached hydrogens (tertiary/aromatic N) is 1. The zero-order chi connectivity index (χ0) is 12.3. The quantitative estimate of drug-likeness (QED) is 0.841. The SMILES string of the molecule is NC1CCCCCC1Oc1ncc(Cl)cc1Cl. The molecular formula is C12H16Cl2N2O. The van der Waals surface area contributed by atoms with Crippen molar-refractivity contribution in [3.05, 3.63) is 22.3 Å². The summed E-state index contributed by atoms with van der Waals surface area (Å²) in [6.45, 7) is 0. The van der Waals surface area contributed by atoms with Gasteiger partial charge < -0.3 is 10.5 Å². The molecule has 1 aromatic heterocycles. The number of aromatic nitrogens is 1. The first-order chi connectivity index (χ1) is 8.16. The van der Waals surface area contributed by atoms with E-state index < -0.39 is 0 Å². The van der Waals surface area contributed by atoms with E-state index >= 15 is 0 Å². The van der Waals surface area contributed by atoms with Crippen molar-refractivity contribution in [2.24, 2.45) is 5.73 Å². The fraction of sp³-hybridized carbons (Fsp3) is 0.583. The molecule has 0 spiro atoms. The maximum absolute atomic E-state index is 6.08. The van der Waals surface area contributed by atoms with Gasteiger partial charge in [-0.25, -0.2) is 4.98 Å². The lowest BCUT2D eigenvalue weighted by Crippen LogP contribution is -2.38. The van der Waals surface area contributed by atoms with Gasteiger partial charge in [0.25, 0.3) is 0 Å². The fourth-order valence-electron chi connectivity index (χ4n) is 2.08. The average Bonchev–Trinajstić information content (AvgIpc) is 2.48. The summed E-state index contributed by atoms with van der Waals surface area (Å²) < 4.78 is 5.81. The highest BCUT2D eigenvalue weighted by molar-refractivity contribution is 6.35. The van der Waals surface area contributed by atoms with Crippen LogP contribution in [0, 0.1) is 0 Å². The maximum Gasteiger partial charge on any atom is 0.232 e. The van der Waals surface area contributed by atoms with Crippen LogP contribution in [0.1, 0.15) is 32.1 Å². The van der Waals surface area contributed by atoms with Gasteiger partial charge >= 0.3 is 0 Å². The first-order valence-corrected chi connectivity index (χ1v) is 6.65. The molecule has 0 aliphatic heterocycles. The molecule has 1 aliphatic rings. The van der Waals surface area contributed by atoms with Gasteiger partial charge in [0, 0.05) is 12.2 Å². The van der Waals surface area contributed by atoms with Crippen LogP contribution in [-0.4, -0.2) is 17.1 Å². The molecule has 1 aromatic rings. The lowest BCUT2D eigenvalue weighted by molar-refractivity contribution is 0.156. The fourth-order valence-corrected chi connectivity index (χ4v) is 2.51. The maximum atomic E-state index is 6.08. The molecule has 1 saturated carbocycles. The number of halogens is 2. The minimum Gasteiger partial charge on any atom is -0.472 e. The highest BCUT2D eigenvalue weighted by atomic mass is 35.5. The van der Waals surface area contributed by atoms with Crippen molar-refractivity contribution in [1.82, 2.24) is 4.98 Å². The third kappa shape index (κ3) is 3.47. The van der Waals surface area contributed by atoms with Gasteiger partial charge in [-0.1, -0.05) is 36.0 Å². The van der Waals surface area contributed by atoms with E-state index in [0.717, 1.165) is 19.3 Å². The van der Waals surface area contributed by atoms with Crippen molar-refractivity contribution in [2.45, 2.75) is 44.2 Å². The number of hydrogen-bond acceptors (Lipinski definition) is 3. The van der Waals surface area contributed by atoms with Crippen LogP contribution >= 0.6 is 23.2 Å². The van der Waals surface area contributed by atoms with Crippen molar-refractivity contribution in [3.8, 4) is 5.88 Å². The zero-order valence-electron chi connectivity index (χ0n) is 9.53. The molecule has 0 bridgehead atoms. The van der Waals surface area contributed by atoms with Crippen LogP contribution in [0.5, 0.6) is 5.88 Å². The van der Waals surface area contributed by atoms with Gasteiger partial charge in [-0.15, -0.1) is 0 Å². The van der Waals surface area contributed by atoms with E-state index in [9.17, 15) is 0 Å². The third-order valence-electron chi connectivity index (χ3n) is 3.04. The highest BCUT2D eigenvalue weighted by Gasteiger charge is 2.23. The molecule has 0 saturated heterocycles. The topological polar surface area (TPSA) is 48.1 Å². The number of pyridine rings is 1. The van der Waals surface area contributed by atoms with Gasteiger partial charge in [-0.3, -0.25) is 0 Å². The van der Waals surface area contributed by atoms with E-state index in [1.807, 2.05) is 0 Å². The monoisotopic (exact) mass is 274 g/mol. The number of hydrogen-bond donors (Lipinski definition) is 1. The minimum atomic E-state index is 0.00340. The minimum absolute atomic E-state index is 0.00340. The molecule has 17 heavy (non-hydrogen) atoms. The summed E-state index contributed by atoms with van der Waals surface area (Å²) in [5, 5.41) is 0.946. The van der Waals surface area contributed by atoms with Crippen molar-refractivity contribution in [1.29, 1.82) is 0 Å². The highest BCUT2D eigenvalue weighted by Crippen LogP contribution is 2.28. The summed E-state index contributed by atoms with van der Waals surface area (Å²) in [6.07, 6.45) is 7.02. The summed E-state index contributed by atoms with van der Waals surface area (Å²) in [5.74, 6) is 0.429. The Bertz CT molecular complexity index is 387. The van der Waals surface area contributed by atoms with Gasteiger partial charge in [0.15, 0.2) is 0 Å². The smallest absolute Gasteiger partial charge is 0.232 e. The van der Waals surface area contributed by atoms with E-state index in [0.29, 0.717) is 15.9 Å². The molecule has 0 aromatic carbocycles. The molecule has 94 valence electrons. The summed E-state index contributed by atoms with van der Waals surface area (Å²) in [6, 6.07) is 1.69. The molecular weight excluding hydrogens is 259 g/mol. The first-order valence-electron chi connectivity index (χ1n) is 5.90. The molecule has 2 N–H and O–H groups in total. The van der Waals surface area contributed by atoms with Crippen LogP contribution in [0.2, 0.25) is 10.0 Å². The third-order valence-corrected chi connectivity index (χ3v) is 3.52. The van der Waals surface area contributed by atoms with Crippen LogP contribution in [0.3, 0.4) is 0 Å². The van der Waals surface area contributed by atoms with Crippen LogP contribution in [-0.2, 0) is 0 Å². The Hall–Kier alpha value is -0.510. The lowest BCUT2D eigenvalue weighted by Gasteiger charge is -2.22. The predicted molar refractivity (Wildman–Crippen MR) is 69.7 cm³/mol. The molecule has 3 nitrogen and oxygen atoms in total. The molecule has 5 heteroatoms. The van der Waals surface area contributed by atoms with E-state index in [-0.39, 0.29) is 12.1 Å². The normalized spacial score (nSPS) is 25.4. The molecule has 2 atom stereocenters. The van der Waals surface area contributed by atoms with Crippen molar-refractivity contribution < 1.29 is 4.74 Å². The van der Waals surface area contributed by atoms with Crippen LogP contribution in [0.4, 0.5) is 0 Å². The second kappa shape index (κ2) is 5.89. The van der Waals surface area contributed by atoms with Crippen LogP contribution in [0.25, 0.3) is 0 Å². The van der Waals surface area contributed by atoms with Gasteiger partial charge in [-0.05, 0) is 25.3 Å². The summed E-state index contributed by atoms with van der Waals surface area (Å²) in [4.78, 5) is 4.10. The molecule has 0 radical (unpaired) electrons. The Morgan fingerprint density at radius 3 is 2.76 bits per heavy atom. The van der Waals surface area contributed by atoms with Crippen molar-refractivity contribution in [3.63, 3.8) is 0 Å². The Morgan fingerprint density at radius 2 is 2.00 bits per heavy atom. The first kappa shape index (κ1) is 12.9. The number of nitrogens with two attached hydrogens (primary N) is 1. The van der Waals surface area contributed by atoms with E-state index in [2.05, 4.69) is 4.98 Å². The Kier molecular flexibility index (Phi) is 4.48. The van der Waals surface area contributed by atoms with E-state index in [4.69, 9.17) is 33.7 Å². The molecule has 2 unspecified atom stereocenters. The number of rotatable bonds is 2. The average molecular weight is 275 g/mol. The molecule has 1 heterocycles. The Labute approximate surface area is 111 Å².